The van der Waals surface area contributed by atoms with Crippen LogP contribution in [0.3, 0.4) is 0 Å². The fourth-order valence-electron chi connectivity index (χ4n) is 3.11. The lowest BCUT2D eigenvalue weighted by atomic mass is 9.91. The Kier molecular flexibility index (Phi) is 6.13. The molecule has 9 heteroatoms. The van der Waals surface area contributed by atoms with Crippen LogP contribution in [-0.4, -0.2) is 45.1 Å². The molecule has 1 saturated heterocycles. The molecule has 1 aromatic heterocycles. The highest BCUT2D eigenvalue weighted by Crippen LogP contribution is 2.28. The molecular weight excluding hydrogens is 391 g/mol. The van der Waals surface area contributed by atoms with Gasteiger partial charge < -0.3 is 15.3 Å². The normalized spacial score (nSPS) is 14.8. The van der Waals surface area contributed by atoms with E-state index in [0.717, 1.165) is 5.56 Å². The molecule has 1 fully saturated rings. The van der Waals surface area contributed by atoms with Gasteiger partial charge in [-0.05, 0) is 30.5 Å². The molecule has 0 unspecified atom stereocenters. The second kappa shape index (κ2) is 8.54. The minimum Gasteiger partial charge on any atom is -0.465 e. The highest BCUT2D eigenvalue weighted by molar-refractivity contribution is 6.42. The Morgan fingerprint density at radius 2 is 1.96 bits per heavy atom. The summed E-state index contributed by atoms with van der Waals surface area (Å²) in [7, 11) is 0. The van der Waals surface area contributed by atoms with E-state index in [4.69, 9.17) is 28.3 Å². The zero-order valence-corrected chi connectivity index (χ0v) is 15.9. The van der Waals surface area contributed by atoms with Gasteiger partial charge >= 0.3 is 6.09 Å². The van der Waals surface area contributed by atoms with Crippen LogP contribution in [0.1, 0.15) is 40.4 Å². The monoisotopic (exact) mass is 408 g/mol. The molecule has 0 saturated carbocycles. The number of halogens is 2. The Bertz CT molecular complexity index is 854. The number of aromatic nitrogens is 2. The molecule has 0 spiro atoms. The number of hydrogen-bond acceptors (Lipinski definition) is 4. The standard InChI is InChI=1S/C18H18Cl2N4O3/c19-14-2-1-11(7-15(14)20)8-22-17(25)13-9-21-10-23-16(13)12-3-5-24(6-4-12)18(26)27/h1-2,7,9-10,12H,3-6,8H2,(H,22,25)(H,26,27). The molecule has 7 nitrogen and oxygen atoms in total. The second-order valence-corrected chi connectivity index (χ2v) is 7.11. The van der Waals surface area contributed by atoms with Crippen molar-refractivity contribution in [2.24, 2.45) is 0 Å². The summed E-state index contributed by atoms with van der Waals surface area (Å²) in [5.41, 5.74) is 1.89. The number of hydrogen-bond donors (Lipinski definition) is 2. The molecule has 3 rings (SSSR count). The molecule has 142 valence electrons. The number of nitrogens with zero attached hydrogens (tertiary/aromatic N) is 3. The summed E-state index contributed by atoms with van der Waals surface area (Å²) in [6.45, 7) is 1.14. The third-order valence-electron chi connectivity index (χ3n) is 4.58. The molecule has 0 aliphatic carbocycles. The fourth-order valence-corrected chi connectivity index (χ4v) is 3.43. The second-order valence-electron chi connectivity index (χ2n) is 6.30. The minimum absolute atomic E-state index is 0.0225. The van der Waals surface area contributed by atoms with E-state index in [0.29, 0.717) is 53.8 Å². The molecule has 0 bridgehead atoms. The molecule has 27 heavy (non-hydrogen) atoms. The molecule has 1 aromatic carbocycles. The van der Waals surface area contributed by atoms with Gasteiger partial charge in [-0.1, -0.05) is 29.3 Å². The lowest BCUT2D eigenvalue weighted by Gasteiger charge is -2.30. The summed E-state index contributed by atoms with van der Waals surface area (Å²) in [5.74, 6) is -0.258. The van der Waals surface area contributed by atoms with E-state index in [1.165, 1.54) is 17.4 Å². The number of amides is 2. The average molecular weight is 409 g/mol. The van der Waals surface area contributed by atoms with Gasteiger partial charge in [0.15, 0.2) is 0 Å². The maximum Gasteiger partial charge on any atom is 0.407 e. The van der Waals surface area contributed by atoms with Gasteiger partial charge in [-0.3, -0.25) is 4.79 Å². The van der Waals surface area contributed by atoms with Crippen LogP contribution in [0, 0.1) is 0 Å². The third kappa shape index (κ3) is 4.67. The molecule has 2 N–H and O–H groups in total. The zero-order chi connectivity index (χ0) is 19.4. The Hall–Kier alpha value is -2.38. The van der Waals surface area contributed by atoms with E-state index in [-0.39, 0.29) is 11.8 Å². The van der Waals surface area contributed by atoms with Crippen LogP contribution in [0.4, 0.5) is 4.79 Å². The van der Waals surface area contributed by atoms with Crippen molar-refractivity contribution in [1.82, 2.24) is 20.2 Å². The summed E-state index contributed by atoms with van der Waals surface area (Å²) in [4.78, 5) is 33.4. The van der Waals surface area contributed by atoms with Crippen molar-refractivity contribution in [2.45, 2.75) is 25.3 Å². The maximum atomic E-state index is 12.7. The summed E-state index contributed by atoms with van der Waals surface area (Å²) >= 11 is 11.9. The van der Waals surface area contributed by atoms with Crippen molar-refractivity contribution in [1.29, 1.82) is 0 Å². The lowest BCUT2D eigenvalue weighted by Crippen LogP contribution is -2.37. The van der Waals surface area contributed by atoms with E-state index in [1.54, 1.807) is 18.2 Å². The van der Waals surface area contributed by atoms with Gasteiger partial charge in [0.25, 0.3) is 5.91 Å². The molecule has 0 atom stereocenters. The first-order chi connectivity index (χ1) is 13.0. The molecule has 2 amide bonds. The summed E-state index contributed by atoms with van der Waals surface area (Å²) in [6, 6.07) is 5.17. The summed E-state index contributed by atoms with van der Waals surface area (Å²) in [6.07, 6.45) is 3.23. The van der Waals surface area contributed by atoms with E-state index in [2.05, 4.69) is 15.3 Å². The number of nitrogens with one attached hydrogen (secondary N) is 1. The highest BCUT2D eigenvalue weighted by Gasteiger charge is 2.27. The first kappa shape index (κ1) is 19.4. The number of carboxylic acid groups (broad SMARTS) is 1. The molecule has 1 aliphatic heterocycles. The minimum atomic E-state index is -0.921. The topological polar surface area (TPSA) is 95.4 Å². The van der Waals surface area contributed by atoms with Gasteiger partial charge in [-0.2, -0.15) is 0 Å². The zero-order valence-electron chi connectivity index (χ0n) is 14.4. The molecular formula is C18H18Cl2N4O3. The molecule has 2 heterocycles. The fraction of sp³-hybridized carbons (Fsp3) is 0.333. The van der Waals surface area contributed by atoms with Gasteiger partial charge in [-0.15, -0.1) is 0 Å². The van der Waals surface area contributed by atoms with Gasteiger partial charge in [0, 0.05) is 31.7 Å². The van der Waals surface area contributed by atoms with Crippen molar-refractivity contribution in [3.05, 3.63) is 57.6 Å². The number of carbonyl (C=O) groups excluding carboxylic acids is 1. The molecule has 2 aromatic rings. The van der Waals surface area contributed by atoms with Crippen LogP contribution in [0.15, 0.2) is 30.7 Å². The first-order valence-electron chi connectivity index (χ1n) is 8.45. The van der Waals surface area contributed by atoms with E-state index >= 15 is 0 Å². The van der Waals surface area contributed by atoms with Crippen LogP contribution in [-0.2, 0) is 6.54 Å². The number of likely N-dealkylation sites (tertiary alicyclic amines) is 1. The number of carbonyl (C=O) groups is 2. The van der Waals surface area contributed by atoms with Crippen molar-refractivity contribution in [2.75, 3.05) is 13.1 Å². The lowest BCUT2D eigenvalue weighted by molar-refractivity contribution is 0.0946. The first-order valence-corrected chi connectivity index (χ1v) is 9.21. The van der Waals surface area contributed by atoms with E-state index in [9.17, 15) is 9.59 Å². The van der Waals surface area contributed by atoms with Crippen molar-refractivity contribution in [3.63, 3.8) is 0 Å². The Labute approximate surface area is 166 Å². The largest absolute Gasteiger partial charge is 0.465 e. The van der Waals surface area contributed by atoms with Crippen LogP contribution >= 0.6 is 23.2 Å². The van der Waals surface area contributed by atoms with Crippen LogP contribution in [0.25, 0.3) is 0 Å². The molecule has 0 radical (unpaired) electrons. The van der Waals surface area contributed by atoms with Crippen molar-refractivity contribution in [3.8, 4) is 0 Å². The number of piperidine rings is 1. The average Bonchev–Trinajstić information content (AvgIpc) is 2.68. The predicted molar refractivity (Wildman–Crippen MR) is 101 cm³/mol. The number of rotatable bonds is 4. The van der Waals surface area contributed by atoms with Gasteiger partial charge in [0.2, 0.25) is 0 Å². The Morgan fingerprint density at radius 1 is 1.22 bits per heavy atom. The van der Waals surface area contributed by atoms with Crippen LogP contribution in [0.2, 0.25) is 10.0 Å². The van der Waals surface area contributed by atoms with Crippen molar-refractivity contribution < 1.29 is 14.7 Å². The number of benzene rings is 1. The van der Waals surface area contributed by atoms with Gasteiger partial charge in [0.1, 0.15) is 6.33 Å². The highest BCUT2D eigenvalue weighted by atomic mass is 35.5. The molecule has 1 aliphatic rings. The van der Waals surface area contributed by atoms with Crippen molar-refractivity contribution >= 4 is 35.2 Å². The SMILES string of the molecule is O=C(NCc1ccc(Cl)c(Cl)c1)c1cncnc1C1CCN(C(=O)O)CC1. The quantitative estimate of drug-likeness (QED) is 0.805. The third-order valence-corrected chi connectivity index (χ3v) is 5.32. The van der Waals surface area contributed by atoms with E-state index < -0.39 is 6.09 Å². The Morgan fingerprint density at radius 3 is 2.63 bits per heavy atom. The maximum absolute atomic E-state index is 12.7. The van der Waals surface area contributed by atoms with Crippen LogP contribution < -0.4 is 5.32 Å². The predicted octanol–water partition coefficient (Wildman–Crippen LogP) is 3.57. The smallest absolute Gasteiger partial charge is 0.407 e. The van der Waals surface area contributed by atoms with Gasteiger partial charge in [-0.25, -0.2) is 14.8 Å². The summed E-state index contributed by atoms with van der Waals surface area (Å²) < 4.78 is 0. The van der Waals surface area contributed by atoms with E-state index in [1.807, 2.05) is 0 Å². The Balaban J connectivity index is 1.68. The summed E-state index contributed by atoms with van der Waals surface area (Å²) in [5, 5.41) is 12.8. The van der Waals surface area contributed by atoms with Crippen LogP contribution in [0.5, 0.6) is 0 Å². The van der Waals surface area contributed by atoms with Gasteiger partial charge in [0.05, 0.1) is 21.3 Å².